The fourth-order valence-corrected chi connectivity index (χ4v) is 1.70. The van der Waals surface area contributed by atoms with Gasteiger partial charge in [-0.05, 0) is 5.92 Å². The second-order valence-corrected chi connectivity index (χ2v) is 3.77. The zero-order valence-electron chi connectivity index (χ0n) is 7.82. The Balaban J connectivity index is 2.71. The predicted octanol–water partition coefficient (Wildman–Crippen LogP) is 0.424. The molecule has 1 amide bonds. The lowest BCUT2D eigenvalue weighted by molar-refractivity contribution is -0.532. The van der Waals surface area contributed by atoms with E-state index in [4.69, 9.17) is 0 Å². The summed E-state index contributed by atoms with van der Waals surface area (Å²) in [6, 6.07) is -0.613. The highest BCUT2D eigenvalue weighted by Crippen LogP contribution is 2.23. The van der Waals surface area contributed by atoms with Gasteiger partial charge in [0.2, 0.25) is 11.9 Å². The Bertz CT molecular complexity index is 227. The van der Waals surface area contributed by atoms with E-state index in [-0.39, 0.29) is 35.6 Å². The fraction of sp³-hybridized carbons (Fsp3) is 0.875. The predicted molar refractivity (Wildman–Crippen MR) is 46.7 cm³/mol. The van der Waals surface area contributed by atoms with E-state index in [2.05, 4.69) is 5.32 Å². The Kier molecular flexibility index (Phi) is 2.85. The quantitative estimate of drug-likeness (QED) is 0.502. The molecular formula is C8H14N2O3. The number of carbonyl (C=O) groups excluding carboxylic acids is 1. The molecule has 1 heterocycles. The van der Waals surface area contributed by atoms with E-state index in [1.165, 1.54) is 0 Å². The first-order chi connectivity index (χ1) is 6.02. The number of nitrogens with zero attached hydrogens (tertiary/aromatic N) is 1. The van der Waals surface area contributed by atoms with E-state index in [1.54, 1.807) is 0 Å². The van der Waals surface area contributed by atoms with Crippen molar-refractivity contribution < 1.29 is 9.72 Å². The summed E-state index contributed by atoms with van der Waals surface area (Å²) in [5.74, 6) is -0.0120. The molecule has 2 unspecified atom stereocenters. The van der Waals surface area contributed by atoms with Crippen LogP contribution in [0.1, 0.15) is 20.3 Å². The van der Waals surface area contributed by atoms with Crippen LogP contribution in [0, 0.1) is 22.0 Å². The Morgan fingerprint density at radius 3 is 2.69 bits per heavy atom. The summed E-state index contributed by atoms with van der Waals surface area (Å²) in [6.45, 7) is 4.01. The van der Waals surface area contributed by atoms with Crippen LogP contribution in [0.5, 0.6) is 0 Å². The monoisotopic (exact) mass is 186 g/mol. The molecule has 13 heavy (non-hydrogen) atoms. The molecule has 0 aliphatic carbocycles. The molecule has 0 aromatic heterocycles. The fourth-order valence-electron chi connectivity index (χ4n) is 1.70. The lowest BCUT2D eigenvalue weighted by Gasteiger charge is -2.28. The molecule has 1 rings (SSSR count). The van der Waals surface area contributed by atoms with Gasteiger partial charge in [-0.1, -0.05) is 13.8 Å². The molecule has 0 spiro atoms. The maximum Gasteiger partial charge on any atom is 0.233 e. The van der Waals surface area contributed by atoms with Crippen molar-refractivity contribution in [3.8, 4) is 0 Å². The molecule has 1 fully saturated rings. The van der Waals surface area contributed by atoms with Gasteiger partial charge >= 0.3 is 0 Å². The van der Waals surface area contributed by atoms with Crippen molar-refractivity contribution in [3.05, 3.63) is 10.1 Å². The highest BCUT2D eigenvalue weighted by Gasteiger charge is 2.38. The van der Waals surface area contributed by atoms with Crippen LogP contribution < -0.4 is 5.32 Å². The van der Waals surface area contributed by atoms with Gasteiger partial charge in [0.05, 0.1) is 6.54 Å². The number of rotatable bonds is 2. The normalized spacial score (nSPS) is 28.7. The first-order valence-electron chi connectivity index (χ1n) is 4.42. The van der Waals surface area contributed by atoms with E-state index in [1.807, 2.05) is 13.8 Å². The third kappa shape index (κ3) is 2.17. The highest BCUT2D eigenvalue weighted by molar-refractivity contribution is 5.77. The third-order valence-electron chi connectivity index (χ3n) is 2.55. The zero-order valence-corrected chi connectivity index (χ0v) is 7.82. The molecule has 1 N–H and O–H groups in total. The standard InChI is InChI=1S/C8H14N2O3/c1-5(2)6-3-8(11)9-4-7(6)10(12)13/h5-7H,3-4H2,1-2H3,(H,9,11). The van der Waals surface area contributed by atoms with Gasteiger partial charge in [-0.15, -0.1) is 0 Å². The van der Waals surface area contributed by atoms with Gasteiger partial charge in [0, 0.05) is 17.3 Å². The minimum Gasteiger partial charge on any atom is -0.349 e. The van der Waals surface area contributed by atoms with Crippen molar-refractivity contribution in [1.82, 2.24) is 5.32 Å². The summed E-state index contributed by atoms with van der Waals surface area (Å²) in [5, 5.41) is 13.1. The minimum absolute atomic E-state index is 0.0724. The second-order valence-electron chi connectivity index (χ2n) is 3.77. The number of hydrogen-bond acceptors (Lipinski definition) is 3. The van der Waals surface area contributed by atoms with Gasteiger partial charge in [-0.25, -0.2) is 0 Å². The first-order valence-corrected chi connectivity index (χ1v) is 4.42. The molecule has 0 saturated carbocycles. The number of nitro groups is 1. The van der Waals surface area contributed by atoms with Crippen molar-refractivity contribution in [1.29, 1.82) is 0 Å². The van der Waals surface area contributed by atoms with Crippen molar-refractivity contribution >= 4 is 5.91 Å². The third-order valence-corrected chi connectivity index (χ3v) is 2.55. The second kappa shape index (κ2) is 3.72. The van der Waals surface area contributed by atoms with Crippen LogP contribution in [0.3, 0.4) is 0 Å². The number of piperidine rings is 1. The zero-order chi connectivity index (χ0) is 10.0. The number of carbonyl (C=O) groups is 1. The Labute approximate surface area is 76.7 Å². The summed E-state index contributed by atoms with van der Waals surface area (Å²) in [5.41, 5.74) is 0. The molecule has 1 aliphatic heterocycles. The highest BCUT2D eigenvalue weighted by atomic mass is 16.6. The molecule has 2 atom stereocenters. The van der Waals surface area contributed by atoms with Crippen molar-refractivity contribution in [2.45, 2.75) is 26.3 Å². The molecule has 0 aromatic rings. The average molecular weight is 186 g/mol. The van der Waals surface area contributed by atoms with Crippen LogP contribution in [-0.2, 0) is 4.79 Å². The molecule has 5 heteroatoms. The van der Waals surface area contributed by atoms with Crippen LogP contribution in [0.25, 0.3) is 0 Å². The molecule has 74 valence electrons. The molecule has 1 aliphatic rings. The van der Waals surface area contributed by atoms with Crippen LogP contribution in [0.4, 0.5) is 0 Å². The first kappa shape index (κ1) is 9.95. The maximum atomic E-state index is 11.0. The van der Waals surface area contributed by atoms with Crippen LogP contribution in [0.15, 0.2) is 0 Å². The number of hydrogen-bond donors (Lipinski definition) is 1. The van der Waals surface area contributed by atoms with E-state index >= 15 is 0 Å². The van der Waals surface area contributed by atoms with Gasteiger partial charge in [-0.3, -0.25) is 14.9 Å². The van der Waals surface area contributed by atoms with Crippen molar-refractivity contribution in [3.63, 3.8) is 0 Å². The van der Waals surface area contributed by atoms with Gasteiger partial charge in [0.1, 0.15) is 0 Å². The molecule has 1 saturated heterocycles. The van der Waals surface area contributed by atoms with Crippen LogP contribution in [-0.4, -0.2) is 23.4 Å². The van der Waals surface area contributed by atoms with E-state index in [0.717, 1.165) is 0 Å². The topological polar surface area (TPSA) is 72.2 Å². The largest absolute Gasteiger partial charge is 0.349 e. The summed E-state index contributed by atoms with van der Waals surface area (Å²) in [6.07, 6.45) is 0.281. The smallest absolute Gasteiger partial charge is 0.233 e. The average Bonchev–Trinajstić information content (AvgIpc) is 2.03. The molecule has 0 bridgehead atoms. The molecular weight excluding hydrogens is 172 g/mol. The van der Waals surface area contributed by atoms with Crippen LogP contribution >= 0.6 is 0 Å². The summed E-state index contributed by atoms with van der Waals surface area (Å²) in [7, 11) is 0. The summed E-state index contributed by atoms with van der Waals surface area (Å²) in [4.78, 5) is 21.4. The van der Waals surface area contributed by atoms with Crippen LogP contribution in [0.2, 0.25) is 0 Å². The van der Waals surface area contributed by atoms with Crippen molar-refractivity contribution in [2.24, 2.45) is 11.8 Å². The molecule has 0 aromatic carbocycles. The Morgan fingerprint density at radius 1 is 1.62 bits per heavy atom. The maximum absolute atomic E-state index is 11.0. The van der Waals surface area contributed by atoms with E-state index < -0.39 is 6.04 Å². The van der Waals surface area contributed by atoms with Gasteiger partial charge < -0.3 is 5.32 Å². The van der Waals surface area contributed by atoms with Gasteiger partial charge in [0.25, 0.3) is 0 Å². The van der Waals surface area contributed by atoms with Gasteiger partial charge in [0.15, 0.2) is 0 Å². The van der Waals surface area contributed by atoms with Gasteiger partial charge in [-0.2, -0.15) is 0 Å². The Morgan fingerprint density at radius 2 is 2.23 bits per heavy atom. The van der Waals surface area contributed by atoms with Crippen molar-refractivity contribution in [2.75, 3.05) is 6.54 Å². The summed E-state index contributed by atoms with van der Waals surface area (Å²) >= 11 is 0. The van der Waals surface area contributed by atoms with E-state index in [9.17, 15) is 14.9 Å². The number of amides is 1. The van der Waals surface area contributed by atoms with E-state index in [0.29, 0.717) is 0 Å². The molecule has 5 nitrogen and oxygen atoms in total. The molecule has 0 radical (unpaired) electrons. The lowest BCUT2D eigenvalue weighted by Crippen LogP contribution is -2.49. The lowest BCUT2D eigenvalue weighted by atomic mass is 9.83. The Hall–Kier alpha value is -1.13. The summed E-state index contributed by atoms with van der Waals surface area (Å²) < 4.78 is 0. The minimum atomic E-state index is -0.613. The number of nitrogens with one attached hydrogen (secondary N) is 1. The SMILES string of the molecule is CC(C)C1CC(=O)NCC1[N+](=O)[O-].